The Balaban J connectivity index is 1.34. The van der Waals surface area contributed by atoms with Crippen molar-refractivity contribution in [2.75, 3.05) is 9.80 Å². The molecule has 2 aliphatic rings. The Bertz CT molecular complexity index is 3210. The van der Waals surface area contributed by atoms with Gasteiger partial charge in [0.15, 0.2) is 0 Å². The smallest absolute Gasteiger partial charge is 0.264 e. The highest BCUT2D eigenvalue weighted by atomic mass is 32.1. The molecule has 10 rings (SSSR count). The number of benzene rings is 6. The largest absolute Gasteiger partial charge is 0.311 e. The highest BCUT2D eigenvalue weighted by molar-refractivity contribution is 7.33. The summed E-state index contributed by atoms with van der Waals surface area (Å²) in [6.07, 6.45) is 0. The maximum atomic E-state index is 2.73. The predicted octanol–water partition coefficient (Wildman–Crippen LogP) is 16.3. The summed E-state index contributed by atoms with van der Waals surface area (Å²) in [5, 5.41) is 5.02. The van der Waals surface area contributed by atoms with Crippen molar-refractivity contribution in [1.29, 1.82) is 0 Å². The first-order valence-corrected chi connectivity index (χ1v) is 25.3. The molecule has 0 amide bonds. The van der Waals surface area contributed by atoms with E-state index in [1.165, 1.54) is 126 Å². The van der Waals surface area contributed by atoms with Gasteiger partial charge in [-0.25, -0.2) is 0 Å². The van der Waals surface area contributed by atoms with Gasteiger partial charge in [0, 0.05) is 47.6 Å². The van der Waals surface area contributed by atoms with Crippen molar-refractivity contribution in [3.8, 4) is 11.1 Å². The minimum absolute atomic E-state index is 0.00845. The molecule has 0 N–H and O–H groups in total. The van der Waals surface area contributed by atoms with E-state index < -0.39 is 0 Å². The Morgan fingerprint density at radius 2 is 0.969 bits per heavy atom. The average molecular weight is 889 g/mol. The Morgan fingerprint density at radius 1 is 0.446 bits per heavy atom. The zero-order chi connectivity index (χ0) is 46.4. The third kappa shape index (κ3) is 7.01. The van der Waals surface area contributed by atoms with Gasteiger partial charge in [-0.3, -0.25) is 0 Å². The normalized spacial score (nSPS) is 14.1. The molecule has 2 nitrogen and oxygen atoms in total. The van der Waals surface area contributed by atoms with Crippen molar-refractivity contribution in [2.24, 2.45) is 0 Å². The number of fused-ring (bicyclic) bond motifs is 7. The molecule has 4 heterocycles. The molecule has 0 unspecified atom stereocenters. The van der Waals surface area contributed by atoms with Gasteiger partial charge in [0.1, 0.15) is 0 Å². The topological polar surface area (TPSA) is 6.48 Å². The number of nitrogens with zero attached hydrogens (tertiary/aromatic N) is 2. The van der Waals surface area contributed by atoms with Crippen LogP contribution < -0.4 is 25.5 Å². The first-order chi connectivity index (χ1) is 30.4. The lowest BCUT2D eigenvalue weighted by Crippen LogP contribution is -2.61. The molecule has 0 radical (unpaired) electrons. The second kappa shape index (κ2) is 14.7. The van der Waals surface area contributed by atoms with E-state index in [4.69, 9.17) is 0 Å². The van der Waals surface area contributed by atoms with Crippen molar-refractivity contribution >= 4 is 99.4 Å². The van der Waals surface area contributed by atoms with E-state index in [-0.39, 0.29) is 28.4 Å². The Kier molecular flexibility index (Phi) is 9.90. The van der Waals surface area contributed by atoms with Gasteiger partial charge in [0.2, 0.25) is 0 Å². The van der Waals surface area contributed by atoms with Gasteiger partial charge in [0.05, 0.1) is 17.1 Å². The average Bonchev–Trinajstić information content (AvgIpc) is 3.82. The van der Waals surface area contributed by atoms with Crippen LogP contribution in [-0.4, -0.2) is 6.71 Å². The Morgan fingerprint density at radius 3 is 1.58 bits per heavy atom. The second-order valence-corrected chi connectivity index (χ2v) is 25.4. The van der Waals surface area contributed by atoms with Crippen molar-refractivity contribution in [2.45, 2.75) is 132 Å². The SMILES string of the molecule is Cc1cc(-c2csc3ccccc23)cc(C)c1N1c2ccc(C(C)(C)C)cc2B2c3sc4ccc(C(C)(C)C)cc4c3N(c3c(C)cc(C(C)(C)C)cc3C)c3cc(C(C)(C)C)cc1c32. The summed E-state index contributed by atoms with van der Waals surface area (Å²) in [5.74, 6) is 0. The molecule has 0 bridgehead atoms. The van der Waals surface area contributed by atoms with E-state index in [1.54, 1.807) is 0 Å². The molecular formula is C60H65BN2S2. The van der Waals surface area contributed by atoms with Crippen LogP contribution in [0.4, 0.5) is 34.1 Å². The van der Waals surface area contributed by atoms with E-state index in [0.717, 1.165) is 0 Å². The van der Waals surface area contributed by atoms with Crippen molar-refractivity contribution in [1.82, 2.24) is 0 Å². The molecule has 6 aromatic carbocycles. The molecule has 0 fully saturated rings. The monoisotopic (exact) mass is 888 g/mol. The summed E-state index contributed by atoms with van der Waals surface area (Å²) < 4.78 is 4.11. The molecule has 0 aliphatic carbocycles. The fourth-order valence-corrected chi connectivity index (χ4v) is 13.0. The molecule has 330 valence electrons. The lowest BCUT2D eigenvalue weighted by atomic mass is 9.36. The standard InChI is InChI=1S/C60H65BN2S2/c1-34-25-38(45-33-64-50-20-18-17-19-43(45)50)26-35(2)53(34)62-47-23-21-40(58(8,9)10)30-46(47)61-52-48(62)31-42(60(14,15)16)32-49(52)63(54-36(3)27-41(28-37(54)4)59(11,12)13)55-44-29-39(57(5,6)7)22-24-51(44)65-56(55)61/h17-33H,1-16H3. The molecule has 0 spiro atoms. The van der Waals surface area contributed by atoms with Crippen LogP contribution in [-0.2, 0) is 21.7 Å². The van der Waals surface area contributed by atoms with Gasteiger partial charge in [0.25, 0.3) is 6.71 Å². The molecule has 65 heavy (non-hydrogen) atoms. The molecule has 5 heteroatoms. The summed E-state index contributed by atoms with van der Waals surface area (Å²) in [6.45, 7) is 37.7. The van der Waals surface area contributed by atoms with Gasteiger partial charge in [-0.2, -0.15) is 0 Å². The van der Waals surface area contributed by atoms with Crippen LogP contribution in [0.15, 0.2) is 102 Å². The van der Waals surface area contributed by atoms with Crippen LogP contribution in [0, 0.1) is 27.7 Å². The van der Waals surface area contributed by atoms with Crippen LogP contribution in [0.2, 0.25) is 0 Å². The highest BCUT2D eigenvalue weighted by Gasteiger charge is 2.47. The van der Waals surface area contributed by atoms with E-state index >= 15 is 0 Å². The zero-order valence-corrected chi connectivity index (χ0v) is 43.2. The third-order valence-corrected chi connectivity index (χ3v) is 16.5. The number of hydrogen-bond donors (Lipinski definition) is 0. The number of rotatable bonds is 3. The zero-order valence-electron chi connectivity index (χ0n) is 41.6. The van der Waals surface area contributed by atoms with Gasteiger partial charge in [-0.1, -0.05) is 132 Å². The van der Waals surface area contributed by atoms with Crippen molar-refractivity contribution in [3.63, 3.8) is 0 Å². The van der Waals surface area contributed by atoms with Crippen LogP contribution in [0.5, 0.6) is 0 Å². The number of anilines is 6. The third-order valence-electron chi connectivity index (χ3n) is 14.3. The van der Waals surface area contributed by atoms with Gasteiger partial charge >= 0.3 is 0 Å². The maximum Gasteiger partial charge on any atom is 0.264 e. The molecule has 0 saturated carbocycles. The van der Waals surface area contributed by atoms with E-state index in [9.17, 15) is 0 Å². The maximum absolute atomic E-state index is 2.73. The summed E-state index contributed by atoms with van der Waals surface area (Å²) >= 11 is 3.85. The van der Waals surface area contributed by atoms with Crippen LogP contribution in [0.1, 0.15) is 128 Å². The van der Waals surface area contributed by atoms with Crippen molar-refractivity contribution < 1.29 is 0 Å². The van der Waals surface area contributed by atoms with Crippen LogP contribution in [0.3, 0.4) is 0 Å². The summed E-state index contributed by atoms with van der Waals surface area (Å²) in [6, 6.07) is 38.5. The van der Waals surface area contributed by atoms with Crippen molar-refractivity contribution in [3.05, 3.63) is 147 Å². The molecular weight excluding hydrogens is 824 g/mol. The Labute approximate surface area is 397 Å². The summed E-state index contributed by atoms with van der Waals surface area (Å²) in [4.78, 5) is 5.40. The molecule has 2 aromatic heterocycles. The second-order valence-electron chi connectivity index (χ2n) is 23.4. The lowest BCUT2D eigenvalue weighted by molar-refractivity contribution is 0.589. The number of thiophene rings is 2. The van der Waals surface area contributed by atoms with E-state index in [0.29, 0.717) is 0 Å². The molecule has 0 saturated heterocycles. The van der Waals surface area contributed by atoms with Gasteiger partial charge in [-0.15, -0.1) is 22.7 Å². The predicted molar refractivity (Wildman–Crippen MR) is 290 cm³/mol. The fraction of sp³-hybridized carbons (Fsp3) is 0.333. The first kappa shape index (κ1) is 43.8. The lowest BCUT2D eigenvalue weighted by Gasteiger charge is -2.45. The highest BCUT2D eigenvalue weighted by Crippen LogP contribution is 2.52. The summed E-state index contributed by atoms with van der Waals surface area (Å²) in [5.41, 5.74) is 23.7. The molecule has 8 aromatic rings. The molecule has 0 atom stereocenters. The molecule has 2 aliphatic heterocycles. The van der Waals surface area contributed by atoms with Crippen LogP contribution in [0.25, 0.3) is 31.3 Å². The van der Waals surface area contributed by atoms with Gasteiger partial charge < -0.3 is 9.80 Å². The first-order valence-electron chi connectivity index (χ1n) is 23.6. The quantitative estimate of drug-likeness (QED) is 0.163. The number of hydrogen-bond acceptors (Lipinski definition) is 4. The van der Waals surface area contributed by atoms with Gasteiger partial charge in [-0.05, 0) is 164 Å². The summed E-state index contributed by atoms with van der Waals surface area (Å²) in [7, 11) is 0. The van der Waals surface area contributed by atoms with E-state index in [2.05, 4.69) is 223 Å². The fourth-order valence-electron chi connectivity index (χ4n) is 10.7. The number of aryl methyl sites for hydroxylation is 4. The minimum Gasteiger partial charge on any atom is -0.311 e. The van der Waals surface area contributed by atoms with Crippen LogP contribution >= 0.6 is 22.7 Å². The van der Waals surface area contributed by atoms with E-state index in [1.807, 2.05) is 22.7 Å². The Hall–Kier alpha value is -5.10. The minimum atomic E-state index is -0.112.